The van der Waals surface area contributed by atoms with E-state index in [1.54, 1.807) is 0 Å². The molecule has 2 aromatic rings. The number of allylic oxidation sites excluding steroid dienone is 1. The van der Waals surface area contributed by atoms with Crippen LogP contribution in [0.1, 0.15) is 63.6 Å². The molecule has 2 aromatic carbocycles. The fourth-order valence-corrected chi connectivity index (χ4v) is 4.37. The van der Waals surface area contributed by atoms with Gasteiger partial charge in [-0.1, -0.05) is 45.0 Å². The first-order chi connectivity index (χ1) is 19.7. The molecule has 12 heteroatoms. The van der Waals surface area contributed by atoms with Gasteiger partial charge >= 0.3 is 12.2 Å². The van der Waals surface area contributed by atoms with Crippen molar-refractivity contribution in [3.63, 3.8) is 0 Å². The van der Waals surface area contributed by atoms with Gasteiger partial charge in [-0.25, -0.2) is 4.79 Å². The van der Waals surface area contributed by atoms with Crippen LogP contribution in [-0.2, 0) is 4.74 Å². The van der Waals surface area contributed by atoms with Gasteiger partial charge in [0.25, 0.3) is 0 Å². The van der Waals surface area contributed by atoms with Gasteiger partial charge in [-0.05, 0) is 67.3 Å². The monoisotopic (exact) mass is 625 g/mol. The minimum Gasteiger partial charge on any atom is -0.400 e. The third-order valence-electron chi connectivity index (χ3n) is 6.84. The van der Waals surface area contributed by atoms with Crippen molar-refractivity contribution in [2.24, 2.45) is 10.7 Å². The summed E-state index contributed by atoms with van der Waals surface area (Å²) in [6, 6.07) is 10.6. The number of aryl methyl sites for hydroxylation is 1. The van der Waals surface area contributed by atoms with Gasteiger partial charge < -0.3 is 20.9 Å². The van der Waals surface area contributed by atoms with Crippen LogP contribution in [0.2, 0.25) is 5.02 Å². The maximum atomic E-state index is 13.0. The van der Waals surface area contributed by atoms with Crippen LogP contribution in [0.25, 0.3) is 0 Å². The summed E-state index contributed by atoms with van der Waals surface area (Å²) in [7, 11) is 1.40. The molecule has 1 saturated carbocycles. The van der Waals surface area contributed by atoms with Gasteiger partial charge in [0.1, 0.15) is 5.84 Å². The van der Waals surface area contributed by atoms with Crippen molar-refractivity contribution in [1.82, 2.24) is 10.2 Å². The van der Waals surface area contributed by atoms with Crippen LogP contribution in [0, 0.1) is 19.3 Å². The number of amidine groups is 1. The average molecular weight is 626 g/mol. The Morgan fingerprint density at radius 3 is 2.42 bits per heavy atom. The Morgan fingerprint density at radius 2 is 1.84 bits per heavy atom. The molecule has 0 spiro atoms. The van der Waals surface area contributed by atoms with E-state index in [4.69, 9.17) is 32.5 Å². The molecule has 8 nitrogen and oxygen atoms in total. The molecule has 1 aliphatic rings. The summed E-state index contributed by atoms with van der Waals surface area (Å²) in [6.07, 6.45) is -5.24. The fraction of sp³-hybridized carbons (Fsp3) is 0.452. The molecule has 0 heterocycles. The summed E-state index contributed by atoms with van der Waals surface area (Å²) in [5, 5.41) is 22.1. The molecule has 1 unspecified atom stereocenters. The molecular weight excluding hydrogens is 583 g/mol. The lowest BCUT2D eigenvalue weighted by atomic mass is 9.86. The zero-order valence-corrected chi connectivity index (χ0v) is 25.3. The molecule has 0 saturated heterocycles. The average Bonchev–Trinajstić information content (AvgIpc) is 2.95. The van der Waals surface area contributed by atoms with Crippen LogP contribution >= 0.6 is 11.6 Å². The number of nitrogens with one attached hydrogen (secondary N) is 2. The van der Waals surface area contributed by atoms with Gasteiger partial charge in [0.15, 0.2) is 5.79 Å². The minimum atomic E-state index is -4.53. The van der Waals surface area contributed by atoms with Gasteiger partial charge in [0, 0.05) is 42.8 Å². The van der Waals surface area contributed by atoms with Gasteiger partial charge in [-0.15, -0.1) is 0 Å². The second-order valence-electron chi connectivity index (χ2n) is 9.64. The van der Waals surface area contributed by atoms with Crippen molar-refractivity contribution < 1.29 is 27.8 Å². The molecule has 3 rings (SSSR count). The molecule has 0 aromatic heterocycles. The molecule has 2 amide bonds. The number of methoxy groups -OCH3 is 1. The Bertz CT molecular complexity index is 1310. The number of aliphatic imine (C=N–C) groups is 1. The van der Waals surface area contributed by atoms with Gasteiger partial charge in [0.05, 0.1) is 24.4 Å². The van der Waals surface area contributed by atoms with E-state index in [2.05, 4.69) is 5.32 Å². The van der Waals surface area contributed by atoms with E-state index < -0.39 is 36.8 Å². The number of nitrogens with zero attached hydrogens (tertiary/aromatic N) is 2. The summed E-state index contributed by atoms with van der Waals surface area (Å²) in [6.45, 7) is 6.92. The summed E-state index contributed by atoms with van der Waals surface area (Å²) >= 11 is 5.88. The van der Waals surface area contributed by atoms with Crippen molar-refractivity contribution in [3.8, 4) is 0 Å². The summed E-state index contributed by atoms with van der Waals surface area (Å²) in [4.78, 5) is 18.5. The number of aliphatic hydroxyl groups is 1. The third-order valence-corrected chi connectivity index (χ3v) is 7.09. The highest BCUT2D eigenvalue weighted by Gasteiger charge is 2.36. The first-order valence-electron chi connectivity index (χ1n) is 13.6. The summed E-state index contributed by atoms with van der Waals surface area (Å²) in [5.74, 6) is -1.85. The first-order valence-corrected chi connectivity index (χ1v) is 14.0. The Hall–Kier alpha value is -3.41. The van der Waals surface area contributed by atoms with Crippen LogP contribution in [0.4, 0.5) is 23.7 Å². The lowest BCUT2D eigenvalue weighted by Crippen LogP contribution is -2.46. The quantitative estimate of drug-likeness (QED) is 0.145. The molecule has 238 valence electrons. The SMILES string of the molecule is C.CC.COC1(O)CC/C(=C(/N)CNC(=O)N(CCC(F)(F)F)C(=N)c2ccc(Cl)cc2)C(=Nc2cccc(C)c2C)C1. The van der Waals surface area contributed by atoms with E-state index in [9.17, 15) is 23.1 Å². The third kappa shape index (κ3) is 10.7. The Kier molecular flexibility index (Phi) is 14.4. The standard InChI is InChI=1S/C28H33ClF3N5O3.C2H6.CH4/c1-17-5-4-6-23(18(17)2)36-24-15-27(39,40-3)12-11-21(24)22(33)16-35-26(38)37(14-13-28(30,31)32)25(34)19-7-9-20(29)10-8-19;1-2;/h4-10,34,39H,11-16,33H2,1-3H3,(H,35,38);1-2H3;1H4/b22-21-,34-25?,36-24?;;. The molecule has 0 bridgehead atoms. The second kappa shape index (κ2) is 16.4. The molecule has 0 radical (unpaired) electrons. The number of alkyl halides is 3. The second-order valence-corrected chi connectivity index (χ2v) is 10.1. The normalized spacial score (nSPS) is 18.6. The van der Waals surface area contributed by atoms with Crippen LogP contribution in [0.15, 0.2) is 58.7 Å². The minimum absolute atomic E-state index is 0. The maximum Gasteiger partial charge on any atom is 0.390 e. The number of ether oxygens (including phenoxy) is 1. The smallest absolute Gasteiger partial charge is 0.390 e. The van der Waals surface area contributed by atoms with Crippen molar-refractivity contribution in [2.75, 3.05) is 20.2 Å². The van der Waals surface area contributed by atoms with Gasteiger partial charge in [0.2, 0.25) is 0 Å². The summed E-state index contributed by atoms with van der Waals surface area (Å²) in [5.41, 5.74) is 10.6. The highest BCUT2D eigenvalue weighted by atomic mass is 35.5. The Balaban J connectivity index is 0.00000302. The number of hydrogen-bond acceptors (Lipinski definition) is 6. The highest BCUT2D eigenvalue weighted by Crippen LogP contribution is 2.34. The largest absolute Gasteiger partial charge is 0.400 e. The van der Waals surface area contributed by atoms with Crippen LogP contribution in [-0.4, -0.2) is 59.7 Å². The Labute approximate surface area is 257 Å². The number of halogens is 4. The van der Waals surface area contributed by atoms with E-state index in [1.165, 1.54) is 31.4 Å². The van der Waals surface area contributed by atoms with Crippen molar-refractivity contribution in [3.05, 3.63) is 75.4 Å². The predicted molar refractivity (Wildman–Crippen MR) is 167 cm³/mol. The number of benzene rings is 2. The Morgan fingerprint density at radius 1 is 1.21 bits per heavy atom. The number of rotatable bonds is 7. The zero-order valence-electron chi connectivity index (χ0n) is 24.5. The van der Waals surface area contributed by atoms with E-state index in [0.717, 1.165) is 11.1 Å². The number of nitrogens with two attached hydrogens (primary N) is 1. The first kappa shape index (κ1) is 37.6. The van der Waals surface area contributed by atoms with E-state index in [-0.39, 0.29) is 38.1 Å². The number of urea groups is 1. The van der Waals surface area contributed by atoms with Crippen LogP contribution < -0.4 is 11.1 Å². The van der Waals surface area contributed by atoms with E-state index >= 15 is 0 Å². The number of carbonyl (C=O) groups excluding carboxylic acids is 1. The van der Waals surface area contributed by atoms with Gasteiger partial charge in [-0.3, -0.25) is 15.3 Å². The van der Waals surface area contributed by atoms with Crippen molar-refractivity contribution in [1.29, 1.82) is 5.41 Å². The van der Waals surface area contributed by atoms with Crippen molar-refractivity contribution >= 4 is 34.9 Å². The molecule has 1 aliphatic carbocycles. The fourth-order valence-electron chi connectivity index (χ4n) is 4.24. The molecule has 5 N–H and O–H groups in total. The molecule has 0 aliphatic heterocycles. The van der Waals surface area contributed by atoms with E-state index in [0.29, 0.717) is 33.3 Å². The highest BCUT2D eigenvalue weighted by molar-refractivity contribution is 6.30. The predicted octanol–water partition coefficient (Wildman–Crippen LogP) is 7.41. The van der Waals surface area contributed by atoms with E-state index in [1.807, 2.05) is 45.9 Å². The van der Waals surface area contributed by atoms with Crippen LogP contribution in [0.5, 0.6) is 0 Å². The van der Waals surface area contributed by atoms with Crippen LogP contribution in [0.3, 0.4) is 0 Å². The van der Waals surface area contributed by atoms with Crippen molar-refractivity contribution in [2.45, 2.75) is 72.8 Å². The number of amides is 2. The molecule has 1 atom stereocenters. The summed E-state index contributed by atoms with van der Waals surface area (Å²) < 4.78 is 44.3. The molecule has 43 heavy (non-hydrogen) atoms. The topological polar surface area (TPSA) is 124 Å². The molecule has 1 fully saturated rings. The maximum absolute atomic E-state index is 13.0. The number of hydrogen-bond donors (Lipinski definition) is 4. The van der Waals surface area contributed by atoms with Gasteiger partial charge in [-0.2, -0.15) is 13.2 Å². The zero-order chi connectivity index (χ0) is 31.7. The number of carbonyl (C=O) groups is 1. The molecular formula is C31H43ClF3N5O3. The lowest BCUT2D eigenvalue weighted by molar-refractivity contribution is -0.185. The lowest BCUT2D eigenvalue weighted by Gasteiger charge is -2.33.